The molecule has 6 heteroatoms. The van der Waals surface area contributed by atoms with Gasteiger partial charge in [-0.3, -0.25) is 15.1 Å². The number of pyridine rings is 1. The van der Waals surface area contributed by atoms with Gasteiger partial charge in [0.05, 0.1) is 5.69 Å². The second-order valence-electron chi connectivity index (χ2n) is 3.90. The molecule has 0 fully saturated rings. The summed E-state index contributed by atoms with van der Waals surface area (Å²) in [5, 5.41) is 6.84. The maximum atomic E-state index is 11.5. The number of carbonyl (C=O) groups is 1. The van der Waals surface area contributed by atoms with Crippen molar-refractivity contribution in [3.63, 3.8) is 0 Å². The lowest BCUT2D eigenvalue weighted by Gasteiger charge is -2.03. The highest BCUT2D eigenvalue weighted by Crippen LogP contribution is 2.13. The maximum Gasteiger partial charge on any atom is 0.437 e. The standard InChI is InChI=1S/C14H12ClN3O2/c1-10(13-4-2-3-9-16-13)18-20-14(19)17-12-7-5-11(15)6-8-12/h2-9H,1H3,(H,17,19)/b18-10+. The van der Waals surface area contributed by atoms with Crippen LogP contribution in [0.5, 0.6) is 0 Å². The first-order valence-corrected chi connectivity index (χ1v) is 6.22. The Morgan fingerprint density at radius 1 is 1.25 bits per heavy atom. The van der Waals surface area contributed by atoms with Crippen LogP contribution in [-0.4, -0.2) is 16.8 Å². The van der Waals surface area contributed by atoms with Gasteiger partial charge >= 0.3 is 6.09 Å². The average molecular weight is 290 g/mol. The lowest BCUT2D eigenvalue weighted by molar-refractivity contribution is 0.166. The van der Waals surface area contributed by atoms with E-state index < -0.39 is 6.09 Å². The minimum atomic E-state index is -0.678. The molecule has 0 atom stereocenters. The van der Waals surface area contributed by atoms with Crippen molar-refractivity contribution in [2.45, 2.75) is 6.92 Å². The molecule has 1 amide bonds. The third-order valence-electron chi connectivity index (χ3n) is 2.39. The van der Waals surface area contributed by atoms with Gasteiger partial charge in [-0.15, -0.1) is 0 Å². The molecule has 1 heterocycles. The molecule has 1 aromatic heterocycles. The highest BCUT2D eigenvalue weighted by Gasteiger charge is 2.04. The fourth-order valence-corrected chi connectivity index (χ4v) is 1.53. The second kappa shape index (κ2) is 6.68. The van der Waals surface area contributed by atoms with Crippen molar-refractivity contribution < 1.29 is 9.63 Å². The number of rotatable bonds is 3. The molecule has 0 radical (unpaired) electrons. The average Bonchev–Trinajstić information content (AvgIpc) is 2.48. The third-order valence-corrected chi connectivity index (χ3v) is 2.64. The minimum Gasteiger partial charge on any atom is -0.297 e. The molecule has 1 N–H and O–H groups in total. The first kappa shape index (κ1) is 14.0. The zero-order valence-electron chi connectivity index (χ0n) is 10.7. The van der Waals surface area contributed by atoms with Crippen LogP contribution in [0.15, 0.2) is 53.8 Å². The minimum absolute atomic E-state index is 0.511. The molecule has 1 aromatic carbocycles. The molecule has 0 aliphatic rings. The van der Waals surface area contributed by atoms with Crippen LogP contribution in [0.1, 0.15) is 12.6 Å². The molecule has 2 rings (SSSR count). The lowest BCUT2D eigenvalue weighted by atomic mass is 10.3. The summed E-state index contributed by atoms with van der Waals surface area (Å²) in [5.74, 6) is 0. The number of amides is 1. The van der Waals surface area contributed by atoms with Crippen LogP contribution >= 0.6 is 11.6 Å². The fraction of sp³-hybridized carbons (Fsp3) is 0.0714. The first-order chi connectivity index (χ1) is 9.65. The zero-order valence-corrected chi connectivity index (χ0v) is 11.5. The van der Waals surface area contributed by atoms with Gasteiger partial charge in [0.15, 0.2) is 0 Å². The van der Waals surface area contributed by atoms with Crippen molar-refractivity contribution in [3.05, 3.63) is 59.4 Å². The largest absolute Gasteiger partial charge is 0.437 e. The summed E-state index contributed by atoms with van der Waals surface area (Å²) in [6.45, 7) is 1.71. The van der Waals surface area contributed by atoms with E-state index in [4.69, 9.17) is 16.4 Å². The Labute approximate surface area is 121 Å². The van der Waals surface area contributed by atoms with Gasteiger partial charge in [0, 0.05) is 16.9 Å². The number of nitrogens with zero attached hydrogens (tertiary/aromatic N) is 2. The van der Waals surface area contributed by atoms with Crippen LogP contribution in [0, 0.1) is 0 Å². The van der Waals surface area contributed by atoms with Crippen molar-refractivity contribution in [2.24, 2.45) is 5.16 Å². The summed E-state index contributed by atoms with van der Waals surface area (Å²) in [5.41, 5.74) is 1.73. The third kappa shape index (κ3) is 4.07. The van der Waals surface area contributed by atoms with E-state index in [9.17, 15) is 4.79 Å². The van der Waals surface area contributed by atoms with Crippen molar-refractivity contribution in [2.75, 3.05) is 5.32 Å². The summed E-state index contributed by atoms with van der Waals surface area (Å²) in [7, 11) is 0. The summed E-state index contributed by atoms with van der Waals surface area (Å²) in [6.07, 6.45) is 0.963. The maximum absolute atomic E-state index is 11.5. The molecule has 0 unspecified atom stereocenters. The van der Waals surface area contributed by atoms with E-state index >= 15 is 0 Å². The topological polar surface area (TPSA) is 63.6 Å². The second-order valence-corrected chi connectivity index (χ2v) is 4.34. The van der Waals surface area contributed by atoms with Crippen molar-refractivity contribution in [1.82, 2.24) is 4.98 Å². The number of aromatic nitrogens is 1. The Morgan fingerprint density at radius 2 is 2.00 bits per heavy atom. The number of anilines is 1. The molecule has 2 aromatic rings. The molecule has 5 nitrogen and oxygen atoms in total. The lowest BCUT2D eigenvalue weighted by Crippen LogP contribution is -2.12. The Balaban J connectivity index is 1.93. The number of hydrogen-bond acceptors (Lipinski definition) is 4. The SMILES string of the molecule is C/C(=N\OC(=O)Nc1ccc(Cl)cc1)c1ccccn1. The molecule has 102 valence electrons. The van der Waals surface area contributed by atoms with E-state index in [0.29, 0.717) is 22.1 Å². The van der Waals surface area contributed by atoms with E-state index in [-0.39, 0.29) is 0 Å². The number of carbonyl (C=O) groups excluding carboxylic acids is 1. The van der Waals surface area contributed by atoms with Gasteiger partial charge in [0.25, 0.3) is 0 Å². The fourth-order valence-electron chi connectivity index (χ4n) is 1.41. The van der Waals surface area contributed by atoms with Crippen LogP contribution in [0.3, 0.4) is 0 Å². The molecular weight excluding hydrogens is 278 g/mol. The quantitative estimate of drug-likeness (QED) is 0.532. The van der Waals surface area contributed by atoms with Crippen molar-refractivity contribution >= 4 is 29.1 Å². The van der Waals surface area contributed by atoms with E-state index in [2.05, 4.69) is 15.5 Å². The predicted octanol–water partition coefficient (Wildman–Crippen LogP) is 3.71. The number of oxime groups is 1. The first-order valence-electron chi connectivity index (χ1n) is 5.85. The number of hydrogen-bond donors (Lipinski definition) is 1. The molecule has 0 aliphatic carbocycles. The number of halogens is 1. The van der Waals surface area contributed by atoms with Crippen LogP contribution in [0.25, 0.3) is 0 Å². The summed E-state index contributed by atoms with van der Waals surface area (Å²) < 4.78 is 0. The molecular formula is C14H12ClN3O2. The number of benzene rings is 1. The Hall–Kier alpha value is -2.40. The number of nitrogens with one attached hydrogen (secondary N) is 1. The molecule has 0 saturated carbocycles. The van der Waals surface area contributed by atoms with E-state index in [1.54, 1.807) is 49.5 Å². The smallest absolute Gasteiger partial charge is 0.297 e. The summed E-state index contributed by atoms with van der Waals surface area (Å²) in [4.78, 5) is 20.4. The highest BCUT2D eigenvalue weighted by atomic mass is 35.5. The van der Waals surface area contributed by atoms with E-state index in [1.165, 1.54) is 0 Å². The van der Waals surface area contributed by atoms with Crippen LogP contribution in [0.4, 0.5) is 10.5 Å². The summed E-state index contributed by atoms with van der Waals surface area (Å²) >= 11 is 5.75. The Bertz CT molecular complexity index is 612. The van der Waals surface area contributed by atoms with Gasteiger partial charge in [-0.25, -0.2) is 4.79 Å². The molecule has 0 spiro atoms. The van der Waals surface area contributed by atoms with Gasteiger partial charge in [0.2, 0.25) is 0 Å². The van der Waals surface area contributed by atoms with Gasteiger partial charge in [0.1, 0.15) is 5.71 Å². The molecule has 0 aliphatic heterocycles. The zero-order chi connectivity index (χ0) is 14.4. The molecule has 0 saturated heterocycles. The van der Waals surface area contributed by atoms with Crippen molar-refractivity contribution in [3.8, 4) is 0 Å². The van der Waals surface area contributed by atoms with Gasteiger partial charge < -0.3 is 0 Å². The highest BCUT2D eigenvalue weighted by molar-refractivity contribution is 6.30. The van der Waals surface area contributed by atoms with Gasteiger partial charge in [-0.05, 0) is 43.3 Å². The summed E-state index contributed by atoms with van der Waals surface area (Å²) in [6, 6.07) is 12.1. The Kier molecular flexibility index (Phi) is 4.68. The predicted molar refractivity (Wildman–Crippen MR) is 78.0 cm³/mol. The molecule has 20 heavy (non-hydrogen) atoms. The van der Waals surface area contributed by atoms with E-state index in [0.717, 1.165) is 0 Å². The van der Waals surface area contributed by atoms with E-state index in [1.807, 2.05) is 6.07 Å². The molecule has 0 bridgehead atoms. The normalized spacial score (nSPS) is 11.0. The van der Waals surface area contributed by atoms with Gasteiger partial charge in [-0.1, -0.05) is 22.8 Å². The Morgan fingerprint density at radius 3 is 2.65 bits per heavy atom. The monoisotopic (exact) mass is 289 g/mol. The van der Waals surface area contributed by atoms with Crippen LogP contribution in [-0.2, 0) is 4.84 Å². The van der Waals surface area contributed by atoms with Gasteiger partial charge in [-0.2, -0.15) is 0 Å². The van der Waals surface area contributed by atoms with Crippen LogP contribution < -0.4 is 5.32 Å². The van der Waals surface area contributed by atoms with Crippen molar-refractivity contribution in [1.29, 1.82) is 0 Å². The van der Waals surface area contributed by atoms with Crippen LogP contribution in [0.2, 0.25) is 5.02 Å².